The summed E-state index contributed by atoms with van der Waals surface area (Å²) in [6, 6.07) is 1.48. The Morgan fingerprint density at radius 1 is 1.80 bits per heavy atom. The summed E-state index contributed by atoms with van der Waals surface area (Å²) in [4.78, 5) is 10.1. The number of carboxylic acids is 1. The number of carboxylic acid groups (broad SMARTS) is 1. The Kier molecular flexibility index (Phi) is 1.98. The highest BCUT2D eigenvalue weighted by Crippen LogP contribution is 2.11. The standard InChI is InChI=1S/C5H5NO3S/c7-4(5(8)9)3-1-2-10-6-3/h1-2,4,7H,(H,8,9). The molecule has 0 saturated carbocycles. The SMILES string of the molecule is O=C(O)C(O)c1ccsn1. The third kappa shape index (κ3) is 1.31. The fourth-order valence-corrected chi connectivity index (χ4v) is 1.03. The van der Waals surface area contributed by atoms with Crippen molar-refractivity contribution >= 4 is 17.5 Å². The van der Waals surface area contributed by atoms with Gasteiger partial charge in [0.05, 0.1) is 5.69 Å². The van der Waals surface area contributed by atoms with Gasteiger partial charge in [0.25, 0.3) is 0 Å². The summed E-state index contributed by atoms with van der Waals surface area (Å²) < 4.78 is 3.65. The second kappa shape index (κ2) is 2.76. The van der Waals surface area contributed by atoms with E-state index in [1.54, 1.807) is 5.38 Å². The molecule has 0 aromatic carbocycles. The van der Waals surface area contributed by atoms with E-state index in [1.807, 2.05) is 0 Å². The topological polar surface area (TPSA) is 70.4 Å². The number of aliphatic hydroxyl groups is 1. The lowest BCUT2D eigenvalue weighted by molar-refractivity contribution is -0.147. The summed E-state index contributed by atoms with van der Waals surface area (Å²) in [5.74, 6) is -1.27. The Morgan fingerprint density at radius 3 is 2.90 bits per heavy atom. The number of nitrogens with zero attached hydrogens (tertiary/aromatic N) is 1. The molecule has 5 heteroatoms. The lowest BCUT2D eigenvalue weighted by Crippen LogP contribution is -2.10. The molecule has 1 aromatic rings. The van der Waals surface area contributed by atoms with Crippen LogP contribution in [0.4, 0.5) is 0 Å². The monoisotopic (exact) mass is 159 g/mol. The van der Waals surface area contributed by atoms with Crippen LogP contribution in [-0.4, -0.2) is 20.6 Å². The highest BCUT2D eigenvalue weighted by atomic mass is 32.1. The molecule has 0 fully saturated rings. The Labute approximate surface area is 60.9 Å². The molecule has 1 heterocycles. The average Bonchev–Trinajstić information content (AvgIpc) is 2.36. The molecule has 0 aliphatic carbocycles. The van der Waals surface area contributed by atoms with Crippen LogP contribution >= 0.6 is 11.5 Å². The predicted molar refractivity (Wildman–Crippen MR) is 34.7 cm³/mol. The van der Waals surface area contributed by atoms with Crippen LogP contribution in [0.1, 0.15) is 11.8 Å². The van der Waals surface area contributed by atoms with Crippen molar-refractivity contribution in [3.05, 3.63) is 17.1 Å². The van der Waals surface area contributed by atoms with E-state index >= 15 is 0 Å². The molecule has 0 amide bonds. The molecule has 4 nitrogen and oxygen atoms in total. The third-order valence-electron chi connectivity index (χ3n) is 0.972. The van der Waals surface area contributed by atoms with Crippen LogP contribution in [0.15, 0.2) is 11.4 Å². The molecule has 2 N–H and O–H groups in total. The van der Waals surface area contributed by atoms with Gasteiger partial charge in [-0.2, -0.15) is 4.37 Å². The zero-order valence-corrected chi connectivity index (χ0v) is 5.71. The first kappa shape index (κ1) is 7.17. The molecule has 0 bridgehead atoms. The maximum Gasteiger partial charge on any atom is 0.338 e. The summed E-state index contributed by atoms with van der Waals surface area (Å²) >= 11 is 1.11. The molecular weight excluding hydrogens is 154 g/mol. The van der Waals surface area contributed by atoms with Crippen LogP contribution < -0.4 is 0 Å². The molecule has 1 unspecified atom stereocenters. The highest BCUT2D eigenvalue weighted by molar-refractivity contribution is 7.03. The molecule has 54 valence electrons. The fourth-order valence-electron chi connectivity index (χ4n) is 0.489. The van der Waals surface area contributed by atoms with E-state index in [9.17, 15) is 4.79 Å². The fraction of sp³-hybridized carbons (Fsp3) is 0.200. The minimum absolute atomic E-state index is 0.192. The van der Waals surface area contributed by atoms with Crippen molar-refractivity contribution in [2.75, 3.05) is 0 Å². The number of hydrogen-bond acceptors (Lipinski definition) is 4. The Balaban J connectivity index is 2.77. The van der Waals surface area contributed by atoms with Crippen LogP contribution in [0.5, 0.6) is 0 Å². The molecule has 0 saturated heterocycles. The summed E-state index contributed by atoms with van der Waals surface area (Å²) in [6.45, 7) is 0. The van der Waals surface area contributed by atoms with Crippen LogP contribution in [0, 0.1) is 0 Å². The van der Waals surface area contributed by atoms with Gasteiger partial charge in [-0.15, -0.1) is 0 Å². The van der Waals surface area contributed by atoms with E-state index in [0.717, 1.165) is 11.5 Å². The van der Waals surface area contributed by atoms with E-state index in [-0.39, 0.29) is 5.69 Å². The van der Waals surface area contributed by atoms with Crippen molar-refractivity contribution < 1.29 is 15.0 Å². The first-order valence-electron chi connectivity index (χ1n) is 2.53. The van der Waals surface area contributed by atoms with E-state index in [2.05, 4.69) is 4.37 Å². The smallest absolute Gasteiger partial charge is 0.338 e. The van der Waals surface area contributed by atoms with Crippen LogP contribution in [0.3, 0.4) is 0 Å². The minimum Gasteiger partial charge on any atom is -0.479 e. The quantitative estimate of drug-likeness (QED) is 0.649. The minimum atomic E-state index is -1.48. The van der Waals surface area contributed by atoms with Crippen molar-refractivity contribution in [1.82, 2.24) is 4.37 Å². The molecule has 1 rings (SSSR count). The number of rotatable bonds is 2. The van der Waals surface area contributed by atoms with Crippen molar-refractivity contribution in [2.45, 2.75) is 6.10 Å². The van der Waals surface area contributed by atoms with Crippen molar-refractivity contribution in [3.63, 3.8) is 0 Å². The van der Waals surface area contributed by atoms with Crippen LogP contribution in [0.2, 0.25) is 0 Å². The molecular formula is C5H5NO3S. The number of aliphatic hydroxyl groups excluding tert-OH is 1. The summed E-state index contributed by atoms with van der Waals surface area (Å²) in [5.41, 5.74) is 0.192. The van der Waals surface area contributed by atoms with Gasteiger partial charge in [-0.3, -0.25) is 0 Å². The lowest BCUT2D eigenvalue weighted by Gasteiger charge is -1.97. The second-order valence-corrected chi connectivity index (χ2v) is 2.33. The van der Waals surface area contributed by atoms with Gasteiger partial charge in [0, 0.05) is 5.38 Å². The van der Waals surface area contributed by atoms with Gasteiger partial charge in [0.15, 0.2) is 6.10 Å². The van der Waals surface area contributed by atoms with E-state index < -0.39 is 12.1 Å². The zero-order chi connectivity index (χ0) is 7.56. The lowest BCUT2D eigenvalue weighted by atomic mass is 10.3. The zero-order valence-electron chi connectivity index (χ0n) is 4.89. The largest absolute Gasteiger partial charge is 0.479 e. The maximum atomic E-state index is 10.1. The van der Waals surface area contributed by atoms with Crippen molar-refractivity contribution in [2.24, 2.45) is 0 Å². The van der Waals surface area contributed by atoms with Crippen molar-refractivity contribution in [3.8, 4) is 0 Å². The summed E-state index contributed by atoms with van der Waals surface area (Å²) in [6.07, 6.45) is -1.48. The van der Waals surface area contributed by atoms with E-state index in [4.69, 9.17) is 10.2 Å². The molecule has 0 spiro atoms. The highest BCUT2D eigenvalue weighted by Gasteiger charge is 2.16. The van der Waals surface area contributed by atoms with Gasteiger partial charge in [-0.05, 0) is 17.6 Å². The van der Waals surface area contributed by atoms with Crippen LogP contribution in [0.25, 0.3) is 0 Å². The number of carbonyl (C=O) groups is 1. The number of aromatic nitrogens is 1. The van der Waals surface area contributed by atoms with E-state index in [1.165, 1.54) is 6.07 Å². The normalized spacial score (nSPS) is 12.9. The average molecular weight is 159 g/mol. The number of hydrogen-bond donors (Lipinski definition) is 2. The molecule has 10 heavy (non-hydrogen) atoms. The molecule has 0 radical (unpaired) electrons. The first-order chi connectivity index (χ1) is 4.72. The molecule has 1 atom stereocenters. The van der Waals surface area contributed by atoms with Crippen molar-refractivity contribution in [1.29, 1.82) is 0 Å². The summed E-state index contributed by atoms with van der Waals surface area (Å²) in [5, 5.41) is 18.7. The molecule has 1 aromatic heterocycles. The van der Waals surface area contributed by atoms with Gasteiger partial charge in [-0.25, -0.2) is 4.79 Å². The first-order valence-corrected chi connectivity index (χ1v) is 3.36. The van der Waals surface area contributed by atoms with Crippen LogP contribution in [-0.2, 0) is 4.79 Å². The maximum absolute atomic E-state index is 10.1. The van der Waals surface area contributed by atoms with Gasteiger partial charge < -0.3 is 10.2 Å². The third-order valence-corrected chi connectivity index (χ3v) is 1.55. The van der Waals surface area contributed by atoms with Gasteiger partial charge in [-0.1, -0.05) is 0 Å². The van der Waals surface area contributed by atoms with Gasteiger partial charge in [0.2, 0.25) is 0 Å². The Morgan fingerprint density at radius 2 is 2.50 bits per heavy atom. The second-order valence-electron chi connectivity index (χ2n) is 1.67. The molecule has 0 aliphatic rings. The van der Waals surface area contributed by atoms with Gasteiger partial charge in [0.1, 0.15) is 0 Å². The Bertz CT molecular complexity index is 221. The number of aliphatic carboxylic acids is 1. The summed E-state index contributed by atoms with van der Waals surface area (Å²) in [7, 11) is 0. The van der Waals surface area contributed by atoms with Gasteiger partial charge >= 0.3 is 5.97 Å². The molecule has 0 aliphatic heterocycles. The van der Waals surface area contributed by atoms with E-state index in [0.29, 0.717) is 0 Å². The predicted octanol–water partition coefficient (Wildman–Crippen LogP) is 0.261. The Hall–Kier alpha value is -0.940.